The molecule has 15 heavy (non-hydrogen) atoms. The molecule has 0 bridgehead atoms. The minimum absolute atomic E-state index is 0.126. The van der Waals surface area contributed by atoms with E-state index in [4.69, 9.17) is 0 Å². The first kappa shape index (κ1) is 10.6. The fourth-order valence-electron chi connectivity index (χ4n) is 2.43. The quantitative estimate of drug-likeness (QED) is 0.786. The van der Waals surface area contributed by atoms with Gasteiger partial charge in [0.25, 0.3) is 0 Å². The monoisotopic (exact) mass is 207 g/mol. The maximum atomic E-state index is 13.2. The summed E-state index contributed by atoms with van der Waals surface area (Å²) in [5, 5.41) is 3.51. The van der Waals surface area contributed by atoms with Gasteiger partial charge in [0.2, 0.25) is 0 Å². The van der Waals surface area contributed by atoms with Gasteiger partial charge in [-0.1, -0.05) is 26.8 Å². The van der Waals surface area contributed by atoms with Crippen molar-refractivity contribution >= 4 is 0 Å². The Bertz CT molecular complexity index is 360. The molecular weight excluding hydrogens is 189 g/mol. The molecule has 2 heteroatoms. The van der Waals surface area contributed by atoms with Crippen molar-refractivity contribution in [3.63, 3.8) is 0 Å². The molecule has 0 aliphatic heterocycles. The normalized spacial score (nSPS) is 24.6. The summed E-state index contributed by atoms with van der Waals surface area (Å²) in [6, 6.07) is 5.91. The Labute approximate surface area is 90.7 Å². The summed E-state index contributed by atoms with van der Waals surface area (Å²) in [6.45, 7) is 6.48. The molecule has 0 saturated carbocycles. The first-order chi connectivity index (χ1) is 7.08. The van der Waals surface area contributed by atoms with E-state index in [2.05, 4.69) is 26.1 Å². The highest BCUT2D eigenvalue weighted by Crippen LogP contribution is 2.36. The summed E-state index contributed by atoms with van der Waals surface area (Å²) in [7, 11) is 0. The molecule has 1 aromatic carbocycles. The second-order valence-electron chi connectivity index (χ2n) is 4.82. The van der Waals surface area contributed by atoms with Crippen molar-refractivity contribution in [3.8, 4) is 0 Å². The molecule has 82 valence electrons. The maximum absolute atomic E-state index is 13.2. The molecule has 0 fully saturated rings. The van der Waals surface area contributed by atoms with Gasteiger partial charge in [0.05, 0.1) is 0 Å². The lowest BCUT2D eigenvalue weighted by atomic mass is 10.0. The number of halogens is 1. The van der Waals surface area contributed by atoms with Gasteiger partial charge < -0.3 is 5.32 Å². The summed E-state index contributed by atoms with van der Waals surface area (Å²) in [6.07, 6.45) is 1.06. The van der Waals surface area contributed by atoms with Crippen LogP contribution in [0.3, 0.4) is 0 Å². The Kier molecular flexibility index (Phi) is 2.79. The largest absolute Gasteiger partial charge is 0.307 e. The molecule has 0 amide bonds. The van der Waals surface area contributed by atoms with Crippen LogP contribution in [-0.4, -0.2) is 6.04 Å². The predicted molar refractivity (Wildman–Crippen MR) is 60.3 cm³/mol. The van der Waals surface area contributed by atoms with Crippen LogP contribution in [0.25, 0.3) is 0 Å². The zero-order valence-electron chi connectivity index (χ0n) is 9.55. The van der Waals surface area contributed by atoms with Crippen LogP contribution in [0.4, 0.5) is 4.39 Å². The van der Waals surface area contributed by atoms with Gasteiger partial charge in [-0.25, -0.2) is 4.39 Å². The second kappa shape index (κ2) is 3.93. The van der Waals surface area contributed by atoms with Crippen molar-refractivity contribution in [1.82, 2.24) is 5.32 Å². The minimum atomic E-state index is -0.126. The topological polar surface area (TPSA) is 12.0 Å². The van der Waals surface area contributed by atoms with Crippen molar-refractivity contribution in [1.29, 1.82) is 0 Å². The highest BCUT2D eigenvalue weighted by atomic mass is 19.1. The van der Waals surface area contributed by atoms with E-state index in [-0.39, 0.29) is 5.82 Å². The summed E-state index contributed by atoms with van der Waals surface area (Å²) in [4.78, 5) is 0. The molecule has 2 atom stereocenters. The van der Waals surface area contributed by atoms with E-state index in [1.807, 2.05) is 6.07 Å². The Balaban J connectivity index is 2.31. The molecule has 1 nitrogen and oxygen atoms in total. The van der Waals surface area contributed by atoms with Gasteiger partial charge in [-0.05, 0) is 35.6 Å². The van der Waals surface area contributed by atoms with Gasteiger partial charge in [0, 0.05) is 12.1 Å². The lowest BCUT2D eigenvalue weighted by molar-refractivity contribution is 0.385. The number of fused-ring (bicyclic) bond motifs is 1. The average Bonchev–Trinajstić information content (AvgIpc) is 2.43. The van der Waals surface area contributed by atoms with Crippen LogP contribution in [-0.2, 0) is 6.42 Å². The molecule has 1 aliphatic carbocycles. The molecule has 2 rings (SSSR count). The van der Waals surface area contributed by atoms with Crippen molar-refractivity contribution in [3.05, 3.63) is 35.1 Å². The zero-order chi connectivity index (χ0) is 11.0. The van der Waals surface area contributed by atoms with Crippen LogP contribution in [0, 0.1) is 11.7 Å². The first-order valence-electron chi connectivity index (χ1n) is 5.62. The van der Waals surface area contributed by atoms with Crippen LogP contribution in [0.2, 0.25) is 0 Å². The van der Waals surface area contributed by atoms with Gasteiger partial charge >= 0.3 is 0 Å². The molecule has 0 spiro atoms. The third-order valence-electron chi connectivity index (χ3n) is 3.07. The van der Waals surface area contributed by atoms with Crippen molar-refractivity contribution < 1.29 is 4.39 Å². The van der Waals surface area contributed by atoms with Crippen LogP contribution in [0.15, 0.2) is 18.2 Å². The van der Waals surface area contributed by atoms with E-state index in [9.17, 15) is 4.39 Å². The lowest BCUT2D eigenvalue weighted by Gasteiger charge is -2.21. The first-order valence-corrected chi connectivity index (χ1v) is 5.62. The highest BCUT2D eigenvalue weighted by Gasteiger charge is 2.29. The highest BCUT2D eigenvalue weighted by molar-refractivity contribution is 5.36. The number of nitrogens with one attached hydrogen (secondary N) is 1. The fourth-order valence-corrected chi connectivity index (χ4v) is 2.43. The molecular formula is C13H18FN. The number of hydrogen-bond donors (Lipinski definition) is 1. The van der Waals surface area contributed by atoms with Crippen molar-refractivity contribution in [2.45, 2.75) is 39.3 Å². The van der Waals surface area contributed by atoms with Gasteiger partial charge in [0.15, 0.2) is 0 Å². The third kappa shape index (κ3) is 2.05. The Morgan fingerprint density at radius 3 is 2.80 bits per heavy atom. The van der Waals surface area contributed by atoms with E-state index in [1.165, 1.54) is 5.56 Å². The van der Waals surface area contributed by atoms with Crippen LogP contribution in [0.1, 0.15) is 37.9 Å². The second-order valence-corrected chi connectivity index (χ2v) is 4.82. The number of benzene rings is 1. The average molecular weight is 207 g/mol. The Morgan fingerprint density at radius 1 is 1.40 bits per heavy atom. The van der Waals surface area contributed by atoms with E-state index in [1.54, 1.807) is 12.1 Å². The molecule has 0 heterocycles. The summed E-state index contributed by atoms with van der Waals surface area (Å²) >= 11 is 0. The zero-order valence-corrected chi connectivity index (χ0v) is 9.55. The summed E-state index contributed by atoms with van der Waals surface area (Å²) in [5.41, 5.74) is 2.44. The van der Waals surface area contributed by atoms with Gasteiger partial charge in [0.1, 0.15) is 5.82 Å². The van der Waals surface area contributed by atoms with Gasteiger partial charge in [-0.2, -0.15) is 0 Å². The Morgan fingerprint density at radius 2 is 2.13 bits per heavy atom. The van der Waals surface area contributed by atoms with E-state index >= 15 is 0 Å². The molecule has 1 N–H and O–H groups in total. The van der Waals surface area contributed by atoms with Crippen LogP contribution >= 0.6 is 0 Å². The molecule has 1 aromatic rings. The van der Waals surface area contributed by atoms with Gasteiger partial charge in [-0.15, -0.1) is 0 Å². The minimum Gasteiger partial charge on any atom is -0.307 e. The maximum Gasteiger partial charge on any atom is 0.123 e. The standard InChI is InChI=1S/C13H18FN/c1-8(2)15-13-9(3)6-10-4-5-11(14)7-12(10)13/h4-5,7-9,13,15H,6H2,1-3H3. The lowest BCUT2D eigenvalue weighted by Crippen LogP contribution is -2.30. The van der Waals surface area contributed by atoms with Crippen molar-refractivity contribution in [2.24, 2.45) is 5.92 Å². The molecule has 2 unspecified atom stereocenters. The summed E-state index contributed by atoms with van der Waals surface area (Å²) < 4.78 is 13.2. The van der Waals surface area contributed by atoms with Crippen molar-refractivity contribution in [2.75, 3.05) is 0 Å². The molecule has 0 aromatic heterocycles. The molecule has 0 radical (unpaired) electrons. The third-order valence-corrected chi connectivity index (χ3v) is 3.07. The predicted octanol–water partition coefficient (Wildman–Crippen LogP) is 3.06. The van der Waals surface area contributed by atoms with Gasteiger partial charge in [-0.3, -0.25) is 0 Å². The molecule has 1 aliphatic rings. The number of hydrogen-bond acceptors (Lipinski definition) is 1. The SMILES string of the molecule is CC(C)NC1c2cc(F)ccc2CC1C. The van der Waals surface area contributed by atoms with Crippen LogP contribution in [0.5, 0.6) is 0 Å². The number of rotatable bonds is 2. The van der Waals surface area contributed by atoms with E-state index in [0.717, 1.165) is 12.0 Å². The molecule has 0 saturated heterocycles. The van der Waals surface area contributed by atoms with Crippen LogP contribution < -0.4 is 5.32 Å². The van der Waals surface area contributed by atoms with E-state index in [0.29, 0.717) is 18.0 Å². The Hall–Kier alpha value is -0.890. The smallest absolute Gasteiger partial charge is 0.123 e. The summed E-state index contributed by atoms with van der Waals surface area (Å²) in [5.74, 6) is 0.433. The fraction of sp³-hybridized carbons (Fsp3) is 0.538. The van der Waals surface area contributed by atoms with E-state index < -0.39 is 0 Å².